The van der Waals surface area contributed by atoms with Crippen molar-refractivity contribution < 1.29 is 19.4 Å². The van der Waals surface area contributed by atoms with E-state index in [0.717, 1.165) is 17.4 Å². The van der Waals surface area contributed by atoms with E-state index >= 15 is 0 Å². The summed E-state index contributed by atoms with van der Waals surface area (Å²) in [6, 6.07) is 4.37. The number of aromatic carboxylic acids is 1. The van der Waals surface area contributed by atoms with Gasteiger partial charge in [0.25, 0.3) is 5.56 Å². The molecule has 1 N–H and O–H groups in total. The Bertz CT molecular complexity index is 928. The molecule has 1 aromatic carbocycles. The Morgan fingerprint density at radius 1 is 1.24 bits per heavy atom. The first kappa shape index (κ1) is 13.4. The summed E-state index contributed by atoms with van der Waals surface area (Å²) in [6.07, 6.45) is 0. The minimum Gasteiger partial charge on any atom is -0.493 e. The largest absolute Gasteiger partial charge is 0.493 e. The van der Waals surface area contributed by atoms with E-state index in [1.807, 2.05) is 0 Å². The fraction of sp³-hybridized carbons (Fsp3) is 0.154. The molecule has 3 rings (SSSR count). The predicted molar refractivity (Wildman–Crippen MR) is 76.9 cm³/mol. The summed E-state index contributed by atoms with van der Waals surface area (Å²) in [7, 11) is 3.00. The third-order valence-electron chi connectivity index (χ3n) is 3.02. The molecule has 7 nitrogen and oxygen atoms in total. The first-order chi connectivity index (χ1) is 10.0. The van der Waals surface area contributed by atoms with Crippen LogP contribution in [0, 0.1) is 0 Å². The number of benzene rings is 1. The molecule has 0 fully saturated rings. The smallest absolute Gasteiger partial charge is 0.346 e. The highest BCUT2D eigenvalue weighted by Crippen LogP contribution is 2.32. The highest BCUT2D eigenvalue weighted by Gasteiger charge is 2.16. The van der Waals surface area contributed by atoms with Crippen LogP contribution in [0.4, 0.5) is 0 Å². The Morgan fingerprint density at radius 3 is 2.52 bits per heavy atom. The summed E-state index contributed by atoms with van der Waals surface area (Å²) in [5, 5.41) is 9.00. The Labute approximate surface area is 122 Å². The molecule has 3 aromatic rings. The number of rotatable bonds is 3. The molecular formula is C13H10N2O5S. The van der Waals surface area contributed by atoms with Gasteiger partial charge in [0.2, 0.25) is 0 Å². The van der Waals surface area contributed by atoms with E-state index in [1.54, 1.807) is 12.1 Å². The maximum Gasteiger partial charge on any atom is 0.346 e. The molecule has 0 aliphatic carbocycles. The van der Waals surface area contributed by atoms with Crippen molar-refractivity contribution in [3.05, 3.63) is 33.4 Å². The summed E-state index contributed by atoms with van der Waals surface area (Å²) < 4.78 is 11.8. The molecule has 0 aliphatic rings. The van der Waals surface area contributed by atoms with Crippen molar-refractivity contribution in [2.45, 2.75) is 0 Å². The lowest BCUT2D eigenvalue weighted by Gasteiger charge is -2.06. The number of aromatic nitrogens is 2. The number of hydrogen-bond acceptors (Lipinski definition) is 6. The van der Waals surface area contributed by atoms with Gasteiger partial charge < -0.3 is 14.6 Å². The second kappa shape index (κ2) is 4.74. The van der Waals surface area contributed by atoms with E-state index in [-0.39, 0.29) is 4.88 Å². The molecule has 0 atom stereocenters. The number of fused-ring (bicyclic) bond motifs is 3. The van der Waals surface area contributed by atoms with Gasteiger partial charge >= 0.3 is 5.97 Å². The number of methoxy groups -OCH3 is 2. The number of ether oxygens (including phenoxy) is 2. The molecule has 21 heavy (non-hydrogen) atoms. The highest BCUT2D eigenvalue weighted by atomic mass is 32.1. The summed E-state index contributed by atoms with van der Waals surface area (Å²) in [5.74, 6) is -0.190. The van der Waals surface area contributed by atoms with E-state index in [2.05, 4.69) is 4.98 Å². The third kappa shape index (κ3) is 2.00. The number of carbonyl (C=O) groups is 1. The van der Waals surface area contributed by atoms with Gasteiger partial charge in [-0.15, -0.1) is 0 Å². The van der Waals surface area contributed by atoms with Crippen molar-refractivity contribution in [2.24, 2.45) is 0 Å². The fourth-order valence-corrected chi connectivity index (χ4v) is 2.94. The van der Waals surface area contributed by atoms with Crippen LogP contribution in [-0.4, -0.2) is 34.7 Å². The number of hydrogen-bond donors (Lipinski definition) is 1. The molecule has 0 bridgehead atoms. The van der Waals surface area contributed by atoms with Gasteiger partial charge in [0.05, 0.1) is 25.3 Å². The maximum atomic E-state index is 12.1. The Kier molecular flexibility index (Phi) is 3.02. The SMILES string of the molecule is COc1cc2nc3sc(C(=O)O)cc(=O)n3c2cc1OC. The van der Waals surface area contributed by atoms with Crippen LogP contribution in [0.25, 0.3) is 16.0 Å². The van der Waals surface area contributed by atoms with Gasteiger partial charge in [-0.25, -0.2) is 9.78 Å². The van der Waals surface area contributed by atoms with Crippen molar-refractivity contribution in [1.82, 2.24) is 9.38 Å². The van der Waals surface area contributed by atoms with Crippen LogP contribution >= 0.6 is 11.3 Å². The second-order valence-electron chi connectivity index (χ2n) is 4.18. The molecule has 0 saturated carbocycles. The second-order valence-corrected chi connectivity index (χ2v) is 5.19. The van der Waals surface area contributed by atoms with E-state index in [1.165, 1.54) is 18.6 Å². The van der Waals surface area contributed by atoms with Crippen LogP contribution in [0.15, 0.2) is 23.0 Å². The lowest BCUT2D eigenvalue weighted by molar-refractivity contribution is 0.0702. The van der Waals surface area contributed by atoms with Gasteiger partial charge in [-0.3, -0.25) is 9.20 Å². The molecular weight excluding hydrogens is 296 g/mol. The Balaban J connectivity index is 2.43. The van der Waals surface area contributed by atoms with Crippen LogP contribution < -0.4 is 15.0 Å². The maximum absolute atomic E-state index is 12.1. The Hall–Kier alpha value is -2.61. The molecule has 0 saturated heterocycles. The van der Waals surface area contributed by atoms with E-state index in [4.69, 9.17) is 14.6 Å². The zero-order chi connectivity index (χ0) is 15.1. The van der Waals surface area contributed by atoms with Gasteiger partial charge in [0.1, 0.15) is 4.88 Å². The van der Waals surface area contributed by atoms with Crippen molar-refractivity contribution in [3.63, 3.8) is 0 Å². The number of carboxylic acid groups (broad SMARTS) is 1. The van der Waals surface area contributed by atoms with E-state index in [0.29, 0.717) is 27.5 Å². The number of nitrogens with zero attached hydrogens (tertiary/aromatic N) is 2. The molecule has 0 spiro atoms. The molecule has 0 aliphatic heterocycles. The van der Waals surface area contributed by atoms with Gasteiger partial charge in [0.15, 0.2) is 16.5 Å². The number of carboxylic acids is 1. The van der Waals surface area contributed by atoms with Crippen molar-refractivity contribution in [3.8, 4) is 11.5 Å². The molecule has 0 amide bonds. The van der Waals surface area contributed by atoms with Crippen LogP contribution in [0.2, 0.25) is 0 Å². The van der Waals surface area contributed by atoms with Crippen LogP contribution in [-0.2, 0) is 0 Å². The molecule has 8 heteroatoms. The predicted octanol–water partition coefficient (Wildman–Crippen LogP) is 1.62. The minimum absolute atomic E-state index is 0.0539. The standard InChI is InChI=1S/C13H10N2O5S/c1-19-8-3-6-7(4-9(8)20-2)15-11(16)5-10(12(17)18)21-13(15)14-6/h3-5H,1-2H3,(H,17,18). The molecule has 2 heterocycles. The monoisotopic (exact) mass is 306 g/mol. The van der Waals surface area contributed by atoms with Gasteiger partial charge in [-0.1, -0.05) is 11.3 Å². The topological polar surface area (TPSA) is 90.1 Å². The minimum atomic E-state index is -1.15. The molecule has 0 unspecified atom stereocenters. The van der Waals surface area contributed by atoms with Gasteiger partial charge in [-0.2, -0.15) is 0 Å². The molecule has 0 radical (unpaired) electrons. The molecule has 2 aromatic heterocycles. The lowest BCUT2D eigenvalue weighted by Crippen LogP contribution is -2.12. The van der Waals surface area contributed by atoms with E-state index in [9.17, 15) is 9.59 Å². The molecule has 108 valence electrons. The van der Waals surface area contributed by atoms with Crippen molar-refractivity contribution in [1.29, 1.82) is 0 Å². The quantitative estimate of drug-likeness (QED) is 0.791. The zero-order valence-electron chi connectivity index (χ0n) is 11.1. The van der Waals surface area contributed by atoms with Crippen LogP contribution in [0.3, 0.4) is 0 Å². The van der Waals surface area contributed by atoms with Gasteiger partial charge in [0, 0.05) is 18.2 Å². The average Bonchev–Trinajstić information content (AvgIpc) is 2.83. The average molecular weight is 306 g/mol. The summed E-state index contributed by atoms with van der Waals surface area (Å²) in [5.41, 5.74) is 0.625. The van der Waals surface area contributed by atoms with Gasteiger partial charge in [-0.05, 0) is 0 Å². The summed E-state index contributed by atoms with van der Waals surface area (Å²) in [6.45, 7) is 0. The van der Waals surface area contributed by atoms with Crippen LogP contribution in [0.1, 0.15) is 9.67 Å². The lowest BCUT2D eigenvalue weighted by atomic mass is 10.2. The first-order valence-electron chi connectivity index (χ1n) is 5.86. The highest BCUT2D eigenvalue weighted by molar-refractivity contribution is 7.18. The normalized spacial score (nSPS) is 11.0. The Morgan fingerprint density at radius 2 is 1.90 bits per heavy atom. The van der Waals surface area contributed by atoms with E-state index < -0.39 is 11.5 Å². The third-order valence-corrected chi connectivity index (χ3v) is 3.98. The van der Waals surface area contributed by atoms with Crippen molar-refractivity contribution in [2.75, 3.05) is 14.2 Å². The van der Waals surface area contributed by atoms with Crippen LogP contribution in [0.5, 0.6) is 11.5 Å². The zero-order valence-corrected chi connectivity index (χ0v) is 11.9. The summed E-state index contributed by atoms with van der Waals surface area (Å²) >= 11 is 0.932. The van der Waals surface area contributed by atoms with Crippen molar-refractivity contribution >= 4 is 33.3 Å². The fourth-order valence-electron chi connectivity index (χ4n) is 2.07. The number of imidazole rings is 1. The first-order valence-corrected chi connectivity index (χ1v) is 6.68. The summed E-state index contributed by atoms with van der Waals surface area (Å²) in [4.78, 5) is 27.7.